The zero-order valence-electron chi connectivity index (χ0n) is 9.55. The molecule has 0 N–H and O–H groups in total. The van der Waals surface area contributed by atoms with Crippen LogP contribution in [-0.4, -0.2) is 0 Å². The summed E-state index contributed by atoms with van der Waals surface area (Å²) in [6.07, 6.45) is -3.79. The molecule has 0 fully saturated rings. The minimum atomic E-state index is -4.29. The first-order chi connectivity index (χ1) is 8.86. The molecule has 102 valence electrons. The Morgan fingerprint density at radius 3 is 2.32 bits per heavy atom. The zero-order valence-corrected chi connectivity index (χ0v) is 12.7. The molecule has 0 radical (unpaired) electrons. The molecular weight excluding hydrogens is 361 g/mol. The number of hydrogen-bond acceptors (Lipinski definition) is 1. The van der Waals surface area contributed by atoms with Gasteiger partial charge in [-0.15, -0.1) is 22.9 Å². The molecule has 0 saturated heterocycles. The van der Waals surface area contributed by atoms with Crippen molar-refractivity contribution in [3.8, 4) is 0 Å². The second-order valence-electron chi connectivity index (χ2n) is 4.05. The van der Waals surface area contributed by atoms with Crippen molar-refractivity contribution in [2.24, 2.45) is 0 Å². The highest BCUT2D eigenvalue weighted by atomic mass is 79.9. The maximum atomic E-state index is 12.4. The molecule has 1 aromatic carbocycles. The lowest BCUT2D eigenvalue weighted by Gasteiger charge is -2.10. The number of hydrogen-bond donors (Lipinski definition) is 0. The second-order valence-corrected chi connectivity index (χ2v) is 6.87. The number of rotatable bonds is 3. The van der Waals surface area contributed by atoms with Crippen LogP contribution in [0.1, 0.15) is 22.1 Å². The van der Waals surface area contributed by atoms with Crippen molar-refractivity contribution in [2.75, 3.05) is 0 Å². The van der Waals surface area contributed by atoms with Gasteiger partial charge in [0.05, 0.1) is 14.7 Å². The first-order valence-electron chi connectivity index (χ1n) is 5.40. The van der Waals surface area contributed by atoms with Crippen molar-refractivity contribution in [1.82, 2.24) is 0 Å². The minimum Gasteiger partial charge on any atom is -0.166 e. The van der Waals surface area contributed by atoms with Crippen LogP contribution in [0.2, 0.25) is 0 Å². The van der Waals surface area contributed by atoms with Crippen LogP contribution >= 0.6 is 38.9 Å². The average molecular weight is 370 g/mol. The van der Waals surface area contributed by atoms with Gasteiger partial charge in [-0.3, -0.25) is 0 Å². The first kappa shape index (κ1) is 14.9. The molecule has 0 aliphatic heterocycles. The maximum absolute atomic E-state index is 12.4. The van der Waals surface area contributed by atoms with Crippen LogP contribution < -0.4 is 0 Å². The summed E-state index contributed by atoms with van der Waals surface area (Å²) in [6.45, 7) is 0. The highest BCUT2D eigenvalue weighted by Crippen LogP contribution is 2.33. The van der Waals surface area contributed by atoms with E-state index in [1.54, 1.807) is 0 Å². The SMILES string of the molecule is FC(F)(F)c1ccc(CC(Cl)c2csc(Br)c2)cc1. The quantitative estimate of drug-likeness (QED) is 0.578. The van der Waals surface area contributed by atoms with Crippen LogP contribution in [0, 0.1) is 0 Å². The average Bonchev–Trinajstić information content (AvgIpc) is 2.75. The summed E-state index contributed by atoms with van der Waals surface area (Å²) in [6, 6.07) is 7.04. The molecule has 6 heteroatoms. The Balaban J connectivity index is 2.07. The van der Waals surface area contributed by atoms with Crippen molar-refractivity contribution < 1.29 is 13.2 Å². The van der Waals surface area contributed by atoms with Gasteiger partial charge < -0.3 is 0 Å². The molecule has 2 aromatic rings. The summed E-state index contributed by atoms with van der Waals surface area (Å²) >= 11 is 11.1. The Bertz CT molecular complexity index is 548. The molecule has 0 amide bonds. The van der Waals surface area contributed by atoms with Crippen LogP contribution in [0.5, 0.6) is 0 Å². The highest BCUT2D eigenvalue weighted by Gasteiger charge is 2.29. The van der Waals surface area contributed by atoms with Crippen molar-refractivity contribution in [3.05, 3.63) is 56.2 Å². The van der Waals surface area contributed by atoms with E-state index in [1.807, 2.05) is 11.4 Å². The molecule has 1 aromatic heterocycles. The van der Waals surface area contributed by atoms with Gasteiger partial charge in [-0.1, -0.05) is 12.1 Å². The van der Waals surface area contributed by atoms with Crippen LogP contribution in [0.15, 0.2) is 39.5 Å². The Hall–Kier alpha value is -0.520. The fraction of sp³-hybridized carbons (Fsp3) is 0.231. The van der Waals surface area contributed by atoms with Gasteiger partial charge in [-0.25, -0.2) is 0 Å². The normalized spacial score (nSPS) is 13.5. The molecule has 1 atom stereocenters. The summed E-state index contributed by atoms with van der Waals surface area (Å²) < 4.78 is 38.2. The van der Waals surface area contributed by atoms with Gasteiger partial charge >= 0.3 is 6.18 Å². The van der Waals surface area contributed by atoms with E-state index in [0.29, 0.717) is 6.42 Å². The maximum Gasteiger partial charge on any atom is 0.416 e. The molecule has 0 saturated carbocycles. The van der Waals surface area contributed by atoms with Crippen LogP contribution in [0.3, 0.4) is 0 Å². The Morgan fingerprint density at radius 2 is 1.84 bits per heavy atom. The third kappa shape index (κ3) is 3.97. The van der Waals surface area contributed by atoms with Gasteiger partial charge in [0.25, 0.3) is 0 Å². The van der Waals surface area contributed by atoms with E-state index in [1.165, 1.54) is 23.5 Å². The van der Waals surface area contributed by atoms with Crippen LogP contribution in [0.25, 0.3) is 0 Å². The predicted octanol–water partition coefficient (Wildman–Crippen LogP) is 6.05. The van der Waals surface area contributed by atoms with E-state index in [2.05, 4.69) is 15.9 Å². The fourth-order valence-corrected chi connectivity index (χ4v) is 3.25. The molecule has 0 nitrogen and oxygen atoms in total. The van der Waals surface area contributed by atoms with Gasteiger partial charge in [0.15, 0.2) is 0 Å². The minimum absolute atomic E-state index is 0.237. The van der Waals surface area contributed by atoms with E-state index in [4.69, 9.17) is 11.6 Å². The van der Waals surface area contributed by atoms with E-state index in [9.17, 15) is 13.2 Å². The van der Waals surface area contributed by atoms with Gasteiger partial charge in [0, 0.05) is 0 Å². The molecule has 0 aliphatic carbocycles. The molecule has 0 aliphatic rings. The summed E-state index contributed by atoms with van der Waals surface area (Å²) in [5.74, 6) is 0. The molecule has 1 unspecified atom stereocenters. The number of benzene rings is 1. The third-order valence-electron chi connectivity index (χ3n) is 2.65. The summed E-state index contributed by atoms with van der Waals surface area (Å²) in [5.41, 5.74) is 1.12. The van der Waals surface area contributed by atoms with Crippen molar-refractivity contribution in [3.63, 3.8) is 0 Å². The predicted molar refractivity (Wildman–Crippen MR) is 75.8 cm³/mol. The smallest absolute Gasteiger partial charge is 0.166 e. The standard InChI is InChI=1S/C13H9BrClF3S/c14-12-6-9(7-19-12)11(15)5-8-1-3-10(4-2-8)13(16,17)18/h1-4,6-7,11H,5H2. The third-order valence-corrected chi connectivity index (χ3v) is 4.57. The summed E-state index contributed by atoms with van der Waals surface area (Å²) in [4.78, 5) is 0. The van der Waals surface area contributed by atoms with Crippen molar-refractivity contribution >= 4 is 38.9 Å². The van der Waals surface area contributed by atoms with Crippen LogP contribution in [0.4, 0.5) is 13.2 Å². The number of thiophene rings is 1. The van der Waals surface area contributed by atoms with E-state index in [-0.39, 0.29) is 5.38 Å². The Kier molecular flexibility index (Phi) is 4.58. The van der Waals surface area contributed by atoms with Crippen LogP contribution in [-0.2, 0) is 12.6 Å². The summed E-state index contributed by atoms with van der Waals surface area (Å²) in [7, 11) is 0. The molecule has 0 spiro atoms. The van der Waals surface area contributed by atoms with Gasteiger partial charge in [-0.05, 0) is 57.1 Å². The van der Waals surface area contributed by atoms with Gasteiger partial charge in [-0.2, -0.15) is 13.2 Å². The lowest BCUT2D eigenvalue weighted by Crippen LogP contribution is -2.04. The largest absolute Gasteiger partial charge is 0.416 e. The van der Waals surface area contributed by atoms with E-state index in [0.717, 1.165) is 27.0 Å². The second kappa shape index (κ2) is 5.85. The highest BCUT2D eigenvalue weighted by molar-refractivity contribution is 9.11. The monoisotopic (exact) mass is 368 g/mol. The zero-order chi connectivity index (χ0) is 14.0. The lowest BCUT2D eigenvalue weighted by atomic mass is 10.0. The van der Waals surface area contributed by atoms with Gasteiger partial charge in [0.1, 0.15) is 0 Å². The molecule has 19 heavy (non-hydrogen) atoms. The molecule has 0 bridgehead atoms. The van der Waals surface area contributed by atoms with E-state index < -0.39 is 11.7 Å². The van der Waals surface area contributed by atoms with Crippen molar-refractivity contribution in [1.29, 1.82) is 0 Å². The Morgan fingerprint density at radius 1 is 1.21 bits per heavy atom. The van der Waals surface area contributed by atoms with Gasteiger partial charge in [0.2, 0.25) is 0 Å². The summed E-state index contributed by atoms with van der Waals surface area (Å²) in [5, 5.41) is 1.70. The number of alkyl halides is 4. The molecule has 1 heterocycles. The van der Waals surface area contributed by atoms with Crippen molar-refractivity contribution in [2.45, 2.75) is 18.0 Å². The topological polar surface area (TPSA) is 0 Å². The number of halogens is 5. The molecule has 2 rings (SSSR count). The van der Waals surface area contributed by atoms with E-state index >= 15 is 0 Å². The Labute approximate surface area is 126 Å². The fourth-order valence-electron chi connectivity index (χ4n) is 1.64. The lowest BCUT2D eigenvalue weighted by molar-refractivity contribution is -0.137. The molecular formula is C13H9BrClF3S. The first-order valence-corrected chi connectivity index (χ1v) is 7.51.